The average Bonchev–Trinajstić information content (AvgIpc) is 2.49. The minimum atomic E-state index is -0.143. The zero-order chi connectivity index (χ0) is 16.1. The molecule has 0 aliphatic rings. The third-order valence-electron chi connectivity index (χ3n) is 3.16. The summed E-state index contributed by atoms with van der Waals surface area (Å²) in [7, 11) is 1.74. The van der Waals surface area contributed by atoms with Crippen molar-refractivity contribution in [2.45, 2.75) is 13.5 Å². The van der Waals surface area contributed by atoms with Crippen LogP contribution >= 0.6 is 23.2 Å². The van der Waals surface area contributed by atoms with Crippen molar-refractivity contribution in [1.82, 2.24) is 4.90 Å². The molecule has 2 aromatic rings. The number of ether oxygens (including phenoxy) is 1. The van der Waals surface area contributed by atoms with E-state index in [9.17, 15) is 4.79 Å². The Labute approximate surface area is 140 Å². The van der Waals surface area contributed by atoms with Crippen LogP contribution in [0.15, 0.2) is 42.5 Å². The Kier molecular flexibility index (Phi) is 5.69. The molecule has 116 valence electrons. The summed E-state index contributed by atoms with van der Waals surface area (Å²) in [4.78, 5) is 14.0. The zero-order valence-corrected chi connectivity index (χ0v) is 14.0. The molecule has 0 aromatic heterocycles. The maximum Gasteiger partial charge on any atom is 0.255 e. The number of amides is 1. The van der Waals surface area contributed by atoms with Crippen molar-refractivity contribution in [2.75, 3.05) is 13.7 Å². The van der Waals surface area contributed by atoms with Crippen molar-refractivity contribution in [1.29, 1.82) is 0 Å². The molecule has 0 heterocycles. The first-order valence-electron chi connectivity index (χ1n) is 6.93. The van der Waals surface area contributed by atoms with E-state index in [0.717, 1.165) is 11.3 Å². The van der Waals surface area contributed by atoms with Crippen LogP contribution in [0.25, 0.3) is 0 Å². The van der Waals surface area contributed by atoms with Crippen molar-refractivity contribution in [3.63, 3.8) is 0 Å². The number of carbonyl (C=O) groups is 1. The van der Waals surface area contributed by atoms with Crippen molar-refractivity contribution in [3.05, 3.63) is 63.6 Å². The van der Waals surface area contributed by atoms with Gasteiger partial charge in [0.15, 0.2) is 0 Å². The van der Waals surface area contributed by atoms with Gasteiger partial charge < -0.3 is 9.64 Å². The maximum atomic E-state index is 12.4. The zero-order valence-electron chi connectivity index (χ0n) is 12.5. The van der Waals surface area contributed by atoms with Gasteiger partial charge in [0.2, 0.25) is 0 Å². The Balaban J connectivity index is 2.07. The predicted octanol–water partition coefficient (Wildman–Crippen LogP) is 4.66. The van der Waals surface area contributed by atoms with Gasteiger partial charge in [-0.3, -0.25) is 4.79 Å². The first-order valence-corrected chi connectivity index (χ1v) is 7.69. The molecule has 0 saturated heterocycles. The summed E-state index contributed by atoms with van der Waals surface area (Å²) in [6.45, 7) is 3.06. The van der Waals surface area contributed by atoms with Crippen LogP contribution in [0.5, 0.6) is 5.75 Å². The smallest absolute Gasteiger partial charge is 0.255 e. The molecular formula is C17H17Cl2NO2. The van der Waals surface area contributed by atoms with Gasteiger partial charge >= 0.3 is 0 Å². The summed E-state index contributed by atoms with van der Waals surface area (Å²) >= 11 is 11.9. The molecule has 0 unspecified atom stereocenters. The normalized spacial score (nSPS) is 10.4. The second-order valence-corrected chi connectivity index (χ2v) is 5.71. The van der Waals surface area contributed by atoms with Crippen LogP contribution in [0.2, 0.25) is 10.0 Å². The molecule has 3 nitrogen and oxygen atoms in total. The molecule has 0 fully saturated rings. The van der Waals surface area contributed by atoms with Crippen molar-refractivity contribution in [2.24, 2.45) is 0 Å². The van der Waals surface area contributed by atoms with Crippen LogP contribution in [-0.4, -0.2) is 24.5 Å². The fraction of sp³-hybridized carbons (Fsp3) is 0.235. The van der Waals surface area contributed by atoms with E-state index in [-0.39, 0.29) is 5.91 Å². The topological polar surface area (TPSA) is 29.5 Å². The number of halogens is 2. The number of carbonyl (C=O) groups excluding carboxylic acids is 1. The van der Waals surface area contributed by atoms with Gasteiger partial charge in [-0.1, -0.05) is 35.3 Å². The third-order valence-corrected chi connectivity index (χ3v) is 3.71. The minimum absolute atomic E-state index is 0.143. The molecule has 2 aromatic carbocycles. The van der Waals surface area contributed by atoms with Gasteiger partial charge in [0, 0.05) is 18.6 Å². The summed E-state index contributed by atoms with van der Waals surface area (Å²) in [6.07, 6.45) is 0. The number of hydrogen-bond donors (Lipinski definition) is 0. The molecule has 5 heteroatoms. The molecule has 0 bridgehead atoms. The molecule has 0 N–H and O–H groups in total. The van der Waals surface area contributed by atoms with Crippen LogP contribution < -0.4 is 4.74 Å². The van der Waals surface area contributed by atoms with Gasteiger partial charge in [-0.2, -0.15) is 0 Å². The quantitative estimate of drug-likeness (QED) is 0.793. The van der Waals surface area contributed by atoms with E-state index in [1.165, 1.54) is 0 Å². The van der Waals surface area contributed by atoms with Crippen molar-refractivity contribution >= 4 is 29.1 Å². The molecule has 0 aliphatic carbocycles. The summed E-state index contributed by atoms with van der Waals surface area (Å²) in [5.41, 5.74) is 1.46. The van der Waals surface area contributed by atoms with Gasteiger partial charge in [0.1, 0.15) is 5.75 Å². The van der Waals surface area contributed by atoms with E-state index >= 15 is 0 Å². The van der Waals surface area contributed by atoms with E-state index in [0.29, 0.717) is 28.8 Å². The SMILES string of the molecule is CCOc1ccc(CN(C)C(=O)c2ccc(Cl)cc2Cl)cc1. The monoisotopic (exact) mass is 337 g/mol. The molecule has 1 amide bonds. The first kappa shape index (κ1) is 16.7. The second kappa shape index (κ2) is 7.52. The predicted molar refractivity (Wildman–Crippen MR) is 89.9 cm³/mol. The van der Waals surface area contributed by atoms with E-state index in [1.54, 1.807) is 30.1 Å². The number of benzene rings is 2. The Morgan fingerprint density at radius 1 is 1.14 bits per heavy atom. The van der Waals surface area contributed by atoms with Crippen LogP contribution in [0.1, 0.15) is 22.8 Å². The molecule has 22 heavy (non-hydrogen) atoms. The fourth-order valence-corrected chi connectivity index (χ4v) is 2.56. The highest BCUT2D eigenvalue weighted by atomic mass is 35.5. The Hall–Kier alpha value is -1.71. The lowest BCUT2D eigenvalue weighted by atomic mass is 10.1. The van der Waals surface area contributed by atoms with Gasteiger partial charge in [0.25, 0.3) is 5.91 Å². The lowest BCUT2D eigenvalue weighted by molar-refractivity contribution is 0.0785. The van der Waals surface area contributed by atoms with E-state index in [4.69, 9.17) is 27.9 Å². The highest BCUT2D eigenvalue weighted by Crippen LogP contribution is 2.22. The van der Waals surface area contributed by atoms with Gasteiger partial charge in [-0.15, -0.1) is 0 Å². The lowest BCUT2D eigenvalue weighted by Crippen LogP contribution is -2.26. The summed E-state index contributed by atoms with van der Waals surface area (Å²) < 4.78 is 5.40. The highest BCUT2D eigenvalue weighted by Gasteiger charge is 2.15. The Bertz CT molecular complexity index is 656. The first-order chi connectivity index (χ1) is 10.5. The van der Waals surface area contributed by atoms with Gasteiger partial charge in [-0.05, 0) is 42.8 Å². The number of nitrogens with zero attached hydrogens (tertiary/aromatic N) is 1. The molecule has 0 aliphatic heterocycles. The van der Waals surface area contributed by atoms with E-state index < -0.39 is 0 Å². The van der Waals surface area contributed by atoms with Crippen LogP contribution in [0.3, 0.4) is 0 Å². The minimum Gasteiger partial charge on any atom is -0.494 e. The molecule has 0 radical (unpaired) electrons. The summed E-state index contributed by atoms with van der Waals surface area (Å²) in [6, 6.07) is 12.5. The highest BCUT2D eigenvalue weighted by molar-refractivity contribution is 6.36. The molecule has 0 atom stereocenters. The van der Waals surface area contributed by atoms with Gasteiger partial charge in [0.05, 0.1) is 17.2 Å². The van der Waals surface area contributed by atoms with Crippen molar-refractivity contribution in [3.8, 4) is 5.75 Å². The summed E-state index contributed by atoms with van der Waals surface area (Å²) in [5.74, 6) is 0.677. The van der Waals surface area contributed by atoms with Crippen LogP contribution in [-0.2, 0) is 6.54 Å². The van der Waals surface area contributed by atoms with Crippen LogP contribution in [0.4, 0.5) is 0 Å². The molecule has 0 spiro atoms. The standard InChI is InChI=1S/C17H17Cl2NO2/c1-3-22-14-7-4-12(5-8-14)11-20(2)17(21)15-9-6-13(18)10-16(15)19/h4-10H,3,11H2,1-2H3. The van der Waals surface area contributed by atoms with E-state index in [2.05, 4.69) is 0 Å². The van der Waals surface area contributed by atoms with Crippen molar-refractivity contribution < 1.29 is 9.53 Å². The molecular weight excluding hydrogens is 321 g/mol. The Morgan fingerprint density at radius 3 is 2.41 bits per heavy atom. The second-order valence-electron chi connectivity index (χ2n) is 4.86. The Morgan fingerprint density at radius 2 is 1.82 bits per heavy atom. The summed E-state index contributed by atoms with van der Waals surface area (Å²) in [5, 5.41) is 0.867. The van der Waals surface area contributed by atoms with Crippen LogP contribution in [0, 0.1) is 0 Å². The average molecular weight is 338 g/mol. The number of hydrogen-bond acceptors (Lipinski definition) is 2. The fourth-order valence-electron chi connectivity index (χ4n) is 2.07. The molecule has 0 saturated carbocycles. The van der Waals surface area contributed by atoms with Gasteiger partial charge in [-0.25, -0.2) is 0 Å². The van der Waals surface area contributed by atoms with E-state index in [1.807, 2.05) is 31.2 Å². The third kappa shape index (κ3) is 4.15. The maximum absolute atomic E-state index is 12.4. The largest absolute Gasteiger partial charge is 0.494 e. The molecule has 2 rings (SSSR count). The lowest BCUT2D eigenvalue weighted by Gasteiger charge is -2.18. The number of rotatable bonds is 5.